The largest absolute Gasteiger partial charge is 0.348 e. The lowest BCUT2D eigenvalue weighted by Crippen LogP contribution is -2.40. The first-order chi connectivity index (χ1) is 12.9. The van der Waals surface area contributed by atoms with Crippen LogP contribution in [0.4, 0.5) is 4.39 Å². The van der Waals surface area contributed by atoms with Crippen molar-refractivity contribution in [1.82, 2.24) is 25.3 Å². The maximum atomic E-state index is 14.0. The van der Waals surface area contributed by atoms with Crippen molar-refractivity contribution in [3.05, 3.63) is 36.3 Å². The zero-order chi connectivity index (χ0) is 19.0. The number of fused-ring (bicyclic) bond motifs is 1. The van der Waals surface area contributed by atoms with Gasteiger partial charge in [-0.25, -0.2) is 4.39 Å². The molecule has 2 N–H and O–H groups in total. The highest BCUT2D eigenvalue weighted by Crippen LogP contribution is 2.31. The lowest BCUT2D eigenvalue weighted by Gasteiger charge is -2.31. The van der Waals surface area contributed by atoms with Crippen molar-refractivity contribution in [2.24, 2.45) is 0 Å². The number of alkyl halides is 1. The van der Waals surface area contributed by atoms with Crippen LogP contribution >= 0.6 is 0 Å². The van der Waals surface area contributed by atoms with Gasteiger partial charge in [-0.3, -0.25) is 14.6 Å². The van der Waals surface area contributed by atoms with Gasteiger partial charge in [-0.15, -0.1) is 0 Å². The molecule has 0 bridgehead atoms. The summed E-state index contributed by atoms with van der Waals surface area (Å²) >= 11 is 0. The number of amides is 1. The van der Waals surface area contributed by atoms with Crippen LogP contribution < -0.4 is 5.32 Å². The molecule has 0 aliphatic heterocycles. The molecule has 1 aromatic carbocycles. The Balaban J connectivity index is 1.56. The summed E-state index contributed by atoms with van der Waals surface area (Å²) in [6.07, 6.45) is 6.07. The van der Waals surface area contributed by atoms with E-state index in [1.807, 2.05) is 42.2 Å². The highest BCUT2D eigenvalue weighted by Gasteiger charge is 2.31. The number of hydrogen-bond acceptors (Lipinski definition) is 3. The maximum Gasteiger partial charge on any atom is 0.272 e. The average molecular weight is 369 g/mol. The predicted molar refractivity (Wildman–Crippen MR) is 102 cm³/mol. The fourth-order valence-electron chi connectivity index (χ4n) is 3.67. The summed E-state index contributed by atoms with van der Waals surface area (Å²) in [4.78, 5) is 12.7. The molecule has 6 nitrogen and oxygen atoms in total. The Bertz CT molecular complexity index is 964. The number of halogens is 1. The molecule has 27 heavy (non-hydrogen) atoms. The minimum atomic E-state index is -1.11. The Morgan fingerprint density at radius 3 is 2.85 bits per heavy atom. The average Bonchev–Trinajstić information content (AvgIpc) is 3.29. The molecule has 1 amide bonds. The number of nitrogens with zero attached hydrogens (tertiary/aromatic N) is 3. The van der Waals surface area contributed by atoms with Crippen molar-refractivity contribution in [2.45, 2.75) is 57.8 Å². The minimum absolute atomic E-state index is 0.000885. The molecular formula is C20H24FN5O. The molecule has 4 rings (SSSR count). The number of carbonyl (C=O) groups is 1. The van der Waals surface area contributed by atoms with Gasteiger partial charge < -0.3 is 5.32 Å². The van der Waals surface area contributed by atoms with Crippen molar-refractivity contribution in [2.75, 3.05) is 0 Å². The van der Waals surface area contributed by atoms with E-state index >= 15 is 0 Å². The van der Waals surface area contributed by atoms with Crippen LogP contribution in [0, 0.1) is 0 Å². The van der Waals surface area contributed by atoms with Crippen molar-refractivity contribution in [3.63, 3.8) is 0 Å². The molecular weight excluding hydrogens is 345 g/mol. The molecule has 1 saturated carbocycles. The second-order valence-electron chi connectivity index (χ2n) is 7.58. The molecule has 0 radical (unpaired) electrons. The van der Waals surface area contributed by atoms with Gasteiger partial charge in [0.05, 0.1) is 11.7 Å². The van der Waals surface area contributed by atoms with Gasteiger partial charge in [0.25, 0.3) is 5.91 Å². The second-order valence-corrected chi connectivity index (χ2v) is 7.58. The van der Waals surface area contributed by atoms with E-state index in [0.717, 1.165) is 28.6 Å². The van der Waals surface area contributed by atoms with E-state index in [2.05, 4.69) is 20.6 Å². The van der Waals surface area contributed by atoms with Gasteiger partial charge in [0, 0.05) is 29.7 Å². The fraction of sp³-hybridized carbons (Fsp3) is 0.450. The Kier molecular flexibility index (Phi) is 4.45. The van der Waals surface area contributed by atoms with Gasteiger partial charge in [-0.1, -0.05) is 6.07 Å². The number of benzene rings is 1. The monoisotopic (exact) mass is 369 g/mol. The van der Waals surface area contributed by atoms with E-state index in [4.69, 9.17) is 0 Å². The molecule has 2 heterocycles. The van der Waals surface area contributed by atoms with Crippen molar-refractivity contribution >= 4 is 16.8 Å². The van der Waals surface area contributed by atoms with E-state index in [0.29, 0.717) is 31.4 Å². The van der Waals surface area contributed by atoms with Crippen molar-refractivity contribution in [1.29, 1.82) is 0 Å². The lowest BCUT2D eigenvalue weighted by molar-refractivity contribution is 0.0847. The van der Waals surface area contributed by atoms with Crippen molar-refractivity contribution < 1.29 is 9.18 Å². The first-order valence-electron chi connectivity index (χ1n) is 9.46. The SMILES string of the molecule is CCn1cc(-c2ccc3[nH]nc(C(=O)NC4CCC(C)(F)CC4)c3c2)cn1. The van der Waals surface area contributed by atoms with Crippen LogP contribution in [-0.4, -0.2) is 37.6 Å². The summed E-state index contributed by atoms with van der Waals surface area (Å²) in [5, 5.41) is 15.2. The molecule has 1 fully saturated rings. The van der Waals surface area contributed by atoms with Gasteiger partial charge >= 0.3 is 0 Å². The van der Waals surface area contributed by atoms with Crippen LogP contribution in [0.5, 0.6) is 0 Å². The van der Waals surface area contributed by atoms with Crippen molar-refractivity contribution in [3.8, 4) is 11.1 Å². The normalized spacial score (nSPS) is 22.9. The Morgan fingerprint density at radius 2 is 2.15 bits per heavy atom. The van der Waals surface area contributed by atoms with Gasteiger partial charge in [0.15, 0.2) is 5.69 Å². The second kappa shape index (κ2) is 6.79. The van der Waals surface area contributed by atoms with Crippen LogP contribution in [0.25, 0.3) is 22.0 Å². The van der Waals surface area contributed by atoms with Crippen LogP contribution in [0.15, 0.2) is 30.6 Å². The van der Waals surface area contributed by atoms with E-state index in [1.54, 1.807) is 6.92 Å². The molecule has 7 heteroatoms. The van der Waals surface area contributed by atoms with E-state index in [9.17, 15) is 9.18 Å². The van der Waals surface area contributed by atoms with Crippen LogP contribution in [0.3, 0.4) is 0 Å². The topological polar surface area (TPSA) is 75.6 Å². The number of carbonyl (C=O) groups excluding carboxylic acids is 1. The number of nitrogens with one attached hydrogen (secondary N) is 2. The Morgan fingerprint density at radius 1 is 1.37 bits per heavy atom. The smallest absolute Gasteiger partial charge is 0.272 e. The number of rotatable bonds is 4. The summed E-state index contributed by atoms with van der Waals surface area (Å²) in [6.45, 7) is 4.48. The van der Waals surface area contributed by atoms with Gasteiger partial charge in [-0.2, -0.15) is 10.2 Å². The minimum Gasteiger partial charge on any atom is -0.348 e. The quantitative estimate of drug-likeness (QED) is 0.733. The molecule has 1 aliphatic rings. The van der Waals surface area contributed by atoms with Gasteiger partial charge in [0.2, 0.25) is 0 Å². The zero-order valence-corrected chi connectivity index (χ0v) is 15.6. The fourth-order valence-corrected chi connectivity index (χ4v) is 3.67. The maximum absolute atomic E-state index is 14.0. The first-order valence-corrected chi connectivity index (χ1v) is 9.46. The molecule has 2 aromatic heterocycles. The van der Waals surface area contributed by atoms with E-state index < -0.39 is 5.67 Å². The number of hydrogen-bond donors (Lipinski definition) is 2. The van der Waals surface area contributed by atoms with E-state index in [-0.39, 0.29) is 11.9 Å². The molecule has 3 aromatic rings. The Hall–Kier alpha value is -2.70. The Labute approximate surface area is 157 Å². The van der Waals surface area contributed by atoms with Gasteiger partial charge in [-0.05, 0) is 57.2 Å². The third-order valence-electron chi connectivity index (χ3n) is 5.43. The number of aromatic nitrogens is 4. The highest BCUT2D eigenvalue weighted by molar-refractivity contribution is 6.05. The summed E-state index contributed by atoms with van der Waals surface area (Å²) in [6, 6.07) is 5.87. The summed E-state index contributed by atoms with van der Waals surface area (Å²) < 4.78 is 15.8. The zero-order valence-electron chi connectivity index (χ0n) is 15.6. The lowest BCUT2D eigenvalue weighted by atomic mass is 9.85. The summed E-state index contributed by atoms with van der Waals surface area (Å²) in [5.41, 5.74) is 2.07. The number of aryl methyl sites for hydroxylation is 1. The number of aromatic amines is 1. The standard InChI is InChI=1S/C20H24FN5O/c1-3-26-12-14(11-22-26)13-4-5-17-16(10-13)18(25-24-17)19(27)23-15-6-8-20(2,21)9-7-15/h4-5,10-12,15H,3,6-9H2,1-2H3,(H,23,27)(H,24,25). The third-order valence-corrected chi connectivity index (χ3v) is 5.43. The molecule has 0 atom stereocenters. The third kappa shape index (κ3) is 3.59. The van der Waals surface area contributed by atoms with Crippen LogP contribution in [0.2, 0.25) is 0 Å². The van der Waals surface area contributed by atoms with Crippen LogP contribution in [-0.2, 0) is 6.54 Å². The van der Waals surface area contributed by atoms with Gasteiger partial charge in [0.1, 0.15) is 5.67 Å². The molecule has 0 spiro atoms. The molecule has 142 valence electrons. The van der Waals surface area contributed by atoms with E-state index in [1.165, 1.54) is 0 Å². The highest BCUT2D eigenvalue weighted by atomic mass is 19.1. The predicted octanol–water partition coefficient (Wildman–Crippen LogP) is 3.85. The number of H-pyrrole nitrogens is 1. The molecule has 1 aliphatic carbocycles. The first kappa shape index (κ1) is 17.7. The van der Waals surface area contributed by atoms with Crippen LogP contribution in [0.1, 0.15) is 50.0 Å². The summed E-state index contributed by atoms with van der Waals surface area (Å²) in [5.74, 6) is -0.213. The molecule has 0 saturated heterocycles. The summed E-state index contributed by atoms with van der Waals surface area (Å²) in [7, 11) is 0. The molecule has 0 unspecified atom stereocenters.